The molecule has 0 fully saturated rings. The number of carbonyl (C=O) groups is 1. The van der Waals surface area contributed by atoms with E-state index in [4.69, 9.17) is 11.0 Å². The van der Waals surface area contributed by atoms with Gasteiger partial charge in [0, 0.05) is 6.42 Å². The largest absolute Gasteiger partial charge is 0.463 e. The molecule has 1 atom stereocenters. The Balaban J connectivity index is 3.42. The smallest absolute Gasteiger partial charge is 0.305 e. The van der Waals surface area contributed by atoms with Gasteiger partial charge in [-0.05, 0) is 0 Å². The minimum Gasteiger partial charge on any atom is -0.463 e. The number of ether oxygens (including phenoxy) is 1. The van der Waals surface area contributed by atoms with Crippen LogP contribution in [-0.2, 0) is 14.4 Å². The normalized spacial score (nSPS) is 12.6. The molecule has 0 heterocycles. The molecule has 5 nitrogen and oxygen atoms in total. The summed E-state index contributed by atoms with van der Waals surface area (Å²) in [5.41, 5.74) is 0. The van der Waals surface area contributed by atoms with Crippen LogP contribution in [-0.4, -0.2) is 30.4 Å². The van der Waals surface area contributed by atoms with Crippen LogP contribution in [0.2, 0.25) is 0 Å². The molecule has 0 radical (unpaired) electrons. The summed E-state index contributed by atoms with van der Waals surface area (Å²) < 4.78 is 4.63. The van der Waals surface area contributed by atoms with Crippen molar-refractivity contribution >= 4 is 5.97 Å². The van der Waals surface area contributed by atoms with Gasteiger partial charge in [-0.1, -0.05) is 6.92 Å². The highest BCUT2D eigenvalue weighted by Gasteiger charge is 2.08. The highest BCUT2D eigenvalue weighted by atomic mass is 16.6. The van der Waals surface area contributed by atoms with Crippen molar-refractivity contribution in [3.05, 3.63) is 0 Å². The van der Waals surface area contributed by atoms with Gasteiger partial charge < -0.3 is 9.84 Å². The van der Waals surface area contributed by atoms with Crippen LogP contribution in [0.1, 0.15) is 13.3 Å². The average molecular weight is 163 g/mol. The fraction of sp³-hybridized carbons (Fsp3) is 0.833. The van der Waals surface area contributed by atoms with Crippen molar-refractivity contribution in [2.75, 3.05) is 13.2 Å². The summed E-state index contributed by atoms with van der Waals surface area (Å²) in [5.74, 6) is 4.43. The number of carbonyl (C=O) groups excluding carboxylic acids is 1. The molecular formula is C6H13NO4. The van der Waals surface area contributed by atoms with Gasteiger partial charge in [0.05, 0.1) is 6.61 Å². The van der Waals surface area contributed by atoms with Gasteiger partial charge in [-0.2, -0.15) is 0 Å². The number of hydrogen-bond donors (Lipinski definition) is 2. The highest BCUT2D eigenvalue weighted by Crippen LogP contribution is 1.90. The van der Waals surface area contributed by atoms with Crippen molar-refractivity contribution in [1.29, 1.82) is 0 Å². The van der Waals surface area contributed by atoms with E-state index in [1.54, 1.807) is 6.92 Å². The lowest BCUT2D eigenvalue weighted by Crippen LogP contribution is -2.28. The van der Waals surface area contributed by atoms with E-state index in [0.29, 0.717) is 6.42 Å². The second-order valence-corrected chi connectivity index (χ2v) is 1.98. The summed E-state index contributed by atoms with van der Waals surface area (Å²) in [4.78, 5) is 14.8. The molecule has 66 valence electrons. The van der Waals surface area contributed by atoms with Gasteiger partial charge >= 0.3 is 5.97 Å². The minimum atomic E-state index is -0.620. The van der Waals surface area contributed by atoms with Gasteiger partial charge in [-0.3, -0.25) is 9.63 Å². The minimum absolute atomic E-state index is 0.000324. The number of rotatable bonds is 5. The predicted octanol–water partition coefficient (Wildman–Crippen LogP) is -0.809. The predicted molar refractivity (Wildman–Crippen MR) is 37.4 cm³/mol. The maximum absolute atomic E-state index is 10.5. The van der Waals surface area contributed by atoms with Crippen LogP contribution in [0.3, 0.4) is 0 Å². The highest BCUT2D eigenvalue weighted by molar-refractivity contribution is 5.68. The quantitative estimate of drug-likeness (QED) is 0.409. The van der Waals surface area contributed by atoms with Gasteiger partial charge in [0.25, 0.3) is 0 Å². The van der Waals surface area contributed by atoms with E-state index < -0.39 is 6.10 Å². The van der Waals surface area contributed by atoms with Gasteiger partial charge in [-0.15, -0.1) is 0 Å². The molecule has 5 heteroatoms. The average Bonchev–Trinajstić information content (AvgIpc) is 2.06. The number of aliphatic hydroxyl groups is 1. The molecule has 0 aromatic carbocycles. The molecule has 0 aromatic rings. The first-order chi connectivity index (χ1) is 5.24. The van der Waals surface area contributed by atoms with Gasteiger partial charge in [0.2, 0.25) is 0 Å². The number of hydrogen-bond acceptors (Lipinski definition) is 5. The summed E-state index contributed by atoms with van der Waals surface area (Å²) in [5, 5.41) is 8.52. The van der Waals surface area contributed by atoms with Crippen LogP contribution in [0, 0.1) is 0 Å². The molecule has 0 bridgehead atoms. The van der Waals surface area contributed by atoms with E-state index in [0.717, 1.165) is 0 Å². The Morgan fingerprint density at radius 3 is 2.73 bits per heavy atom. The standard InChI is InChI=1S/C6H13NO4/c1-2-6(9)10-4-5(3-8)11-7/h5,8H,2-4,7H2,1H3. The Hall–Kier alpha value is -0.650. The summed E-state index contributed by atoms with van der Waals surface area (Å²) in [6.07, 6.45) is -0.312. The van der Waals surface area contributed by atoms with E-state index in [-0.39, 0.29) is 19.2 Å². The number of nitrogens with two attached hydrogens (primary N) is 1. The summed E-state index contributed by atoms with van der Waals surface area (Å²) >= 11 is 0. The zero-order chi connectivity index (χ0) is 8.69. The molecule has 0 saturated carbocycles. The van der Waals surface area contributed by atoms with Crippen LogP contribution >= 0.6 is 0 Å². The first kappa shape index (κ1) is 10.3. The van der Waals surface area contributed by atoms with E-state index in [9.17, 15) is 4.79 Å². The summed E-state index contributed by atoms with van der Waals surface area (Å²) in [6, 6.07) is 0. The zero-order valence-corrected chi connectivity index (χ0v) is 6.45. The molecule has 11 heavy (non-hydrogen) atoms. The fourth-order valence-electron chi connectivity index (χ4n) is 0.423. The lowest BCUT2D eigenvalue weighted by molar-refractivity contribution is -0.148. The maximum Gasteiger partial charge on any atom is 0.305 e. The third kappa shape index (κ3) is 4.72. The molecule has 0 aliphatic carbocycles. The lowest BCUT2D eigenvalue weighted by Gasteiger charge is -2.10. The monoisotopic (exact) mass is 163 g/mol. The van der Waals surface area contributed by atoms with E-state index in [2.05, 4.69) is 9.57 Å². The molecule has 1 unspecified atom stereocenters. The van der Waals surface area contributed by atoms with Crippen LogP contribution in [0.5, 0.6) is 0 Å². The van der Waals surface area contributed by atoms with E-state index >= 15 is 0 Å². The SMILES string of the molecule is CCC(=O)OCC(CO)ON. The molecular weight excluding hydrogens is 150 g/mol. The molecule has 0 aromatic heterocycles. The van der Waals surface area contributed by atoms with Crippen molar-refractivity contribution < 1.29 is 19.5 Å². The Morgan fingerprint density at radius 1 is 1.73 bits per heavy atom. The molecule has 0 rings (SSSR count). The summed E-state index contributed by atoms with van der Waals surface area (Å²) in [6.45, 7) is 1.42. The third-order valence-corrected chi connectivity index (χ3v) is 1.11. The van der Waals surface area contributed by atoms with Gasteiger partial charge in [0.15, 0.2) is 0 Å². The Labute approximate surface area is 65.0 Å². The third-order valence-electron chi connectivity index (χ3n) is 1.11. The molecule has 3 N–H and O–H groups in total. The first-order valence-electron chi connectivity index (χ1n) is 3.36. The second-order valence-electron chi connectivity index (χ2n) is 1.98. The second kappa shape index (κ2) is 6.09. The van der Waals surface area contributed by atoms with E-state index in [1.807, 2.05) is 0 Å². The van der Waals surface area contributed by atoms with Crippen LogP contribution in [0.4, 0.5) is 0 Å². The van der Waals surface area contributed by atoms with Crippen LogP contribution in [0.15, 0.2) is 0 Å². The van der Waals surface area contributed by atoms with Crippen molar-refractivity contribution in [3.8, 4) is 0 Å². The molecule has 0 aliphatic rings. The van der Waals surface area contributed by atoms with Crippen molar-refractivity contribution in [2.45, 2.75) is 19.4 Å². The Kier molecular flexibility index (Phi) is 5.73. The molecule has 0 saturated heterocycles. The zero-order valence-electron chi connectivity index (χ0n) is 6.45. The topological polar surface area (TPSA) is 81.8 Å². The van der Waals surface area contributed by atoms with Crippen molar-refractivity contribution in [1.82, 2.24) is 0 Å². The lowest BCUT2D eigenvalue weighted by atomic mass is 10.4. The fourth-order valence-corrected chi connectivity index (χ4v) is 0.423. The van der Waals surface area contributed by atoms with E-state index in [1.165, 1.54) is 0 Å². The van der Waals surface area contributed by atoms with Gasteiger partial charge in [0.1, 0.15) is 12.7 Å². The molecule has 0 amide bonds. The first-order valence-corrected chi connectivity index (χ1v) is 3.36. The van der Waals surface area contributed by atoms with Crippen LogP contribution < -0.4 is 5.90 Å². The Morgan fingerprint density at radius 2 is 2.36 bits per heavy atom. The summed E-state index contributed by atoms with van der Waals surface area (Å²) in [7, 11) is 0. The van der Waals surface area contributed by atoms with Crippen molar-refractivity contribution in [3.63, 3.8) is 0 Å². The molecule has 0 aliphatic heterocycles. The number of esters is 1. The number of aliphatic hydroxyl groups excluding tert-OH is 1. The Bertz CT molecular complexity index is 113. The maximum atomic E-state index is 10.5. The van der Waals surface area contributed by atoms with Crippen LogP contribution in [0.25, 0.3) is 0 Å². The van der Waals surface area contributed by atoms with Crippen molar-refractivity contribution in [2.24, 2.45) is 5.90 Å². The molecule has 0 spiro atoms. The van der Waals surface area contributed by atoms with Gasteiger partial charge in [-0.25, -0.2) is 5.90 Å².